The molecular formula is C6H13O2. The van der Waals surface area contributed by atoms with Crippen LogP contribution in [0.4, 0.5) is 0 Å². The van der Waals surface area contributed by atoms with Crippen LogP contribution in [-0.4, -0.2) is 12.9 Å². The van der Waals surface area contributed by atoms with Gasteiger partial charge in [-0.3, -0.25) is 0 Å². The van der Waals surface area contributed by atoms with Crippen molar-refractivity contribution in [2.45, 2.75) is 32.8 Å². The van der Waals surface area contributed by atoms with Crippen molar-refractivity contribution in [1.29, 1.82) is 0 Å². The van der Waals surface area contributed by atoms with E-state index >= 15 is 0 Å². The molecule has 0 heterocycles. The van der Waals surface area contributed by atoms with Crippen LogP contribution in [0.5, 0.6) is 0 Å². The Labute approximate surface area is 50.5 Å². The average Bonchev–Trinajstić information content (AvgIpc) is 1.83. The normalized spacial score (nSPS) is 10.5. The van der Waals surface area contributed by atoms with Crippen molar-refractivity contribution >= 4 is 0 Å². The van der Waals surface area contributed by atoms with Gasteiger partial charge in [0, 0.05) is 0 Å². The summed E-state index contributed by atoms with van der Waals surface area (Å²) < 4.78 is 4.78. The summed E-state index contributed by atoms with van der Waals surface area (Å²) in [7, 11) is 0. The molecule has 49 valence electrons. The molecule has 0 N–H and O–H groups in total. The largest absolute Gasteiger partial charge is 0.349 e. The van der Waals surface area contributed by atoms with E-state index in [1.807, 2.05) is 13.8 Å². The number of ether oxygens (including phenoxy) is 1. The summed E-state index contributed by atoms with van der Waals surface area (Å²) in [5.74, 6) is 0. The molecule has 0 fully saturated rings. The van der Waals surface area contributed by atoms with Gasteiger partial charge in [-0.15, -0.1) is 0 Å². The first-order valence-electron chi connectivity index (χ1n) is 3.04. The van der Waals surface area contributed by atoms with E-state index < -0.39 is 6.79 Å². The quantitative estimate of drug-likeness (QED) is 0.514. The lowest BCUT2D eigenvalue weighted by molar-refractivity contribution is -0.0852. The van der Waals surface area contributed by atoms with Crippen molar-refractivity contribution in [3.05, 3.63) is 0 Å². The summed E-state index contributed by atoms with van der Waals surface area (Å²) >= 11 is 0. The zero-order chi connectivity index (χ0) is 6.41. The Morgan fingerprint density at radius 1 is 1.38 bits per heavy atom. The summed E-state index contributed by atoms with van der Waals surface area (Å²) in [4.78, 5) is 0. The van der Waals surface area contributed by atoms with Gasteiger partial charge in [0.05, 0.1) is 6.10 Å². The molecule has 1 radical (unpaired) electrons. The molecule has 0 spiro atoms. The second-order valence-electron chi connectivity index (χ2n) is 1.72. The molecule has 0 aliphatic rings. The maximum absolute atomic E-state index is 9.84. The molecule has 2 heteroatoms. The van der Waals surface area contributed by atoms with Gasteiger partial charge in [0.25, 0.3) is 0 Å². The van der Waals surface area contributed by atoms with Crippen molar-refractivity contribution in [3.8, 4) is 0 Å². The standard InChI is InChI=1S/C6H13O2/c1-3-6(4-2)8-5-7/h6H,3-5H2,1-2H3. The third-order valence-corrected chi connectivity index (χ3v) is 1.21. The molecule has 0 rings (SSSR count). The van der Waals surface area contributed by atoms with Gasteiger partial charge in [0.15, 0.2) is 6.79 Å². The fourth-order valence-electron chi connectivity index (χ4n) is 0.621. The molecule has 0 aromatic carbocycles. The number of hydrogen-bond donors (Lipinski definition) is 0. The molecule has 0 saturated carbocycles. The smallest absolute Gasteiger partial charge is 0.181 e. The molecule has 0 saturated heterocycles. The van der Waals surface area contributed by atoms with Crippen LogP contribution in [-0.2, 0) is 9.84 Å². The van der Waals surface area contributed by atoms with Crippen molar-refractivity contribution in [2.75, 3.05) is 6.79 Å². The first-order valence-corrected chi connectivity index (χ1v) is 3.04. The average molecular weight is 117 g/mol. The van der Waals surface area contributed by atoms with Crippen LogP contribution in [0.2, 0.25) is 0 Å². The lowest BCUT2D eigenvalue weighted by Crippen LogP contribution is -2.09. The minimum Gasteiger partial charge on any atom is -0.349 e. The molecular weight excluding hydrogens is 104 g/mol. The summed E-state index contributed by atoms with van der Waals surface area (Å²) in [6.07, 6.45) is 2.07. The Morgan fingerprint density at radius 3 is 2.00 bits per heavy atom. The lowest BCUT2D eigenvalue weighted by Gasteiger charge is -2.08. The van der Waals surface area contributed by atoms with E-state index in [0.717, 1.165) is 12.8 Å². The van der Waals surface area contributed by atoms with Gasteiger partial charge in [-0.25, -0.2) is 5.11 Å². The molecule has 0 amide bonds. The van der Waals surface area contributed by atoms with Crippen LogP contribution in [0.3, 0.4) is 0 Å². The van der Waals surface area contributed by atoms with Gasteiger partial charge < -0.3 is 4.74 Å². The van der Waals surface area contributed by atoms with Gasteiger partial charge in [0.2, 0.25) is 0 Å². The molecule has 0 unspecified atom stereocenters. The molecule has 0 aromatic rings. The molecule has 0 aliphatic carbocycles. The fraction of sp³-hybridized carbons (Fsp3) is 1.00. The Kier molecular flexibility index (Phi) is 5.01. The highest BCUT2D eigenvalue weighted by molar-refractivity contribution is 4.47. The van der Waals surface area contributed by atoms with E-state index in [2.05, 4.69) is 0 Å². The summed E-state index contributed by atoms with van der Waals surface area (Å²) in [5.41, 5.74) is 0. The fourth-order valence-corrected chi connectivity index (χ4v) is 0.621. The molecule has 2 nitrogen and oxygen atoms in total. The number of hydrogen-bond acceptors (Lipinski definition) is 1. The SMILES string of the molecule is CCC(CC)OC[O]. The highest BCUT2D eigenvalue weighted by Gasteiger charge is 1.99. The van der Waals surface area contributed by atoms with Gasteiger partial charge in [-0.1, -0.05) is 13.8 Å². The lowest BCUT2D eigenvalue weighted by atomic mass is 10.2. The van der Waals surface area contributed by atoms with E-state index in [1.165, 1.54) is 0 Å². The first-order chi connectivity index (χ1) is 3.85. The van der Waals surface area contributed by atoms with Crippen molar-refractivity contribution in [1.82, 2.24) is 0 Å². The van der Waals surface area contributed by atoms with Crippen LogP contribution < -0.4 is 0 Å². The first kappa shape index (κ1) is 7.92. The topological polar surface area (TPSA) is 29.1 Å². The van der Waals surface area contributed by atoms with Crippen LogP contribution >= 0.6 is 0 Å². The van der Waals surface area contributed by atoms with Gasteiger partial charge >= 0.3 is 0 Å². The third kappa shape index (κ3) is 2.99. The van der Waals surface area contributed by atoms with E-state index in [9.17, 15) is 5.11 Å². The van der Waals surface area contributed by atoms with Crippen molar-refractivity contribution in [3.63, 3.8) is 0 Å². The zero-order valence-corrected chi connectivity index (χ0v) is 5.52. The predicted molar refractivity (Wildman–Crippen MR) is 31.0 cm³/mol. The van der Waals surface area contributed by atoms with Crippen LogP contribution in [0.15, 0.2) is 0 Å². The highest BCUT2D eigenvalue weighted by Crippen LogP contribution is 2.00. The predicted octanol–water partition coefficient (Wildman–Crippen LogP) is 1.58. The van der Waals surface area contributed by atoms with E-state index in [1.54, 1.807) is 0 Å². The van der Waals surface area contributed by atoms with Gasteiger partial charge in [0.1, 0.15) is 0 Å². The Bertz CT molecular complexity index is 41.8. The van der Waals surface area contributed by atoms with E-state index in [4.69, 9.17) is 4.74 Å². The van der Waals surface area contributed by atoms with E-state index in [-0.39, 0.29) is 6.10 Å². The monoisotopic (exact) mass is 117 g/mol. The van der Waals surface area contributed by atoms with Gasteiger partial charge in [-0.2, -0.15) is 0 Å². The molecule has 0 aromatic heterocycles. The molecule has 0 bridgehead atoms. The summed E-state index contributed by atoms with van der Waals surface area (Å²) in [5, 5.41) is 9.84. The highest BCUT2D eigenvalue weighted by atomic mass is 16.6. The van der Waals surface area contributed by atoms with E-state index in [0.29, 0.717) is 0 Å². The third-order valence-electron chi connectivity index (χ3n) is 1.21. The number of rotatable bonds is 4. The minimum absolute atomic E-state index is 0.187. The Balaban J connectivity index is 3.07. The maximum Gasteiger partial charge on any atom is 0.181 e. The maximum atomic E-state index is 9.84. The van der Waals surface area contributed by atoms with Crippen LogP contribution in [0, 0.1) is 0 Å². The second kappa shape index (κ2) is 5.06. The molecule has 0 aliphatic heterocycles. The Hall–Kier alpha value is -0.0800. The zero-order valence-electron chi connectivity index (χ0n) is 5.52. The van der Waals surface area contributed by atoms with Crippen LogP contribution in [0.25, 0.3) is 0 Å². The van der Waals surface area contributed by atoms with Gasteiger partial charge in [-0.05, 0) is 12.8 Å². The molecule has 8 heavy (non-hydrogen) atoms. The molecule has 0 atom stereocenters. The minimum atomic E-state index is -0.396. The summed E-state index contributed by atoms with van der Waals surface area (Å²) in [6.45, 7) is 3.64. The van der Waals surface area contributed by atoms with Crippen molar-refractivity contribution < 1.29 is 9.84 Å². The second-order valence-corrected chi connectivity index (χ2v) is 1.72. The van der Waals surface area contributed by atoms with Crippen molar-refractivity contribution in [2.24, 2.45) is 0 Å². The summed E-state index contributed by atoms with van der Waals surface area (Å²) in [6, 6.07) is 0. The van der Waals surface area contributed by atoms with Crippen LogP contribution in [0.1, 0.15) is 26.7 Å². The Morgan fingerprint density at radius 2 is 1.88 bits per heavy atom.